The van der Waals surface area contributed by atoms with Crippen molar-refractivity contribution in [2.24, 2.45) is 5.92 Å². The fourth-order valence-electron chi connectivity index (χ4n) is 3.83. The van der Waals surface area contributed by atoms with Gasteiger partial charge in [0.2, 0.25) is 5.91 Å². The van der Waals surface area contributed by atoms with Crippen LogP contribution in [-0.2, 0) is 9.53 Å². The summed E-state index contributed by atoms with van der Waals surface area (Å²) in [4.78, 5) is 17.0. The van der Waals surface area contributed by atoms with Crippen LogP contribution in [0.5, 0.6) is 0 Å². The number of hydrogen-bond donors (Lipinski definition) is 1. The standard InChI is InChI=1S/C22H26FN3O2/c23-18-1-5-20(6-2-18)25-11-13-26(14-12-25)21-7-3-19(4-8-21)24-22(27)17-9-15-28-16-10-17/h1-8,17H,9-16H2,(H,24,27). The van der Waals surface area contributed by atoms with Crippen molar-refractivity contribution >= 4 is 23.0 Å². The molecule has 4 rings (SSSR count). The Kier molecular flexibility index (Phi) is 5.76. The maximum absolute atomic E-state index is 13.1. The summed E-state index contributed by atoms with van der Waals surface area (Å²) in [6.45, 7) is 4.94. The minimum absolute atomic E-state index is 0.0490. The molecule has 0 aromatic heterocycles. The summed E-state index contributed by atoms with van der Waals surface area (Å²) in [5.41, 5.74) is 3.06. The quantitative estimate of drug-likeness (QED) is 0.878. The lowest BCUT2D eigenvalue weighted by atomic mass is 9.99. The molecule has 2 aliphatic rings. The van der Waals surface area contributed by atoms with Gasteiger partial charge in [0.05, 0.1) is 0 Å². The van der Waals surface area contributed by atoms with Gasteiger partial charge in [-0.15, -0.1) is 0 Å². The van der Waals surface area contributed by atoms with Crippen molar-refractivity contribution in [3.63, 3.8) is 0 Å². The van der Waals surface area contributed by atoms with Crippen molar-refractivity contribution < 1.29 is 13.9 Å². The summed E-state index contributed by atoms with van der Waals surface area (Å²) < 4.78 is 18.4. The Hall–Kier alpha value is -2.60. The summed E-state index contributed by atoms with van der Waals surface area (Å²) in [5.74, 6) is -0.0664. The van der Waals surface area contributed by atoms with E-state index in [9.17, 15) is 9.18 Å². The molecule has 2 heterocycles. The fourth-order valence-corrected chi connectivity index (χ4v) is 3.83. The molecule has 0 bridgehead atoms. The van der Waals surface area contributed by atoms with E-state index >= 15 is 0 Å². The second-order valence-corrected chi connectivity index (χ2v) is 7.37. The Morgan fingerprint density at radius 3 is 1.89 bits per heavy atom. The molecule has 0 aliphatic carbocycles. The minimum Gasteiger partial charge on any atom is -0.381 e. The smallest absolute Gasteiger partial charge is 0.227 e. The van der Waals surface area contributed by atoms with Crippen LogP contribution in [0.25, 0.3) is 0 Å². The van der Waals surface area contributed by atoms with Gasteiger partial charge in [-0.2, -0.15) is 0 Å². The zero-order valence-electron chi connectivity index (χ0n) is 15.9. The van der Waals surface area contributed by atoms with E-state index < -0.39 is 0 Å². The number of halogens is 1. The van der Waals surface area contributed by atoms with Gasteiger partial charge in [-0.05, 0) is 61.4 Å². The van der Waals surface area contributed by atoms with Crippen LogP contribution in [0.15, 0.2) is 48.5 Å². The van der Waals surface area contributed by atoms with Crippen LogP contribution in [0, 0.1) is 11.7 Å². The largest absolute Gasteiger partial charge is 0.381 e. The first-order chi connectivity index (χ1) is 13.7. The summed E-state index contributed by atoms with van der Waals surface area (Å²) >= 11 is 0. The molecular weight excluding hydrogens is 357 g/mol. The first kappa shape index (κ1) is 18.7. The molecule has 148 valence electrons. The predicted molar refractivity (Wildman–Crippen MR) is 109 cm³/mol. The number of ether oxygens (including phenoxy) is 1. The Morgan fingerprint density at radius 2 is 1.36 bits per heavy atom. The lowest BCUT2D eigenvalue weighted by Gasteiger charge is -2.37. The highest BCUT2D eigenvalue weighted by Gasteiger charge is 2.22. The number of benzene rings is 2. The van der Waals surface area contributed by atoms with Crippen LogP contribution < -0.4 is 15.1 Å². The summed E-state index contributed by atoms with van der Waals surface area (Å²) in [5, 5.41) is 3.02. The zero-order valence-corrected chi connectivity index (χ0v) is 15.9. The second kappa shape index (κ2) is 8.61. The monoisotopic (exact) mass is 383 g/mol. The average Bonchev–Trinajstić information content (AvgIpc) is 2.76. The molecule has 0 radical (unpaired) electrons. The van der Waals surface area contributed by atoms with Crippen LogP contribution in [0.4, 0.5) is 21.5 Å². The predicted octanol–water partition coefficient (Wildman–Crippen LogP) is 3.52. The molecule has 1 amide bonds. The molecular formula is C22H26FN3O2. The Balaban J connectivity index is 1.30. The fraction of sp³-hybridized carbons (Fsp3) is 0.409. The van der Waals surface area contributed by atoms with Gasteiger partial charge in [-0.25, -0.2) is 4.39 Å². The highest BCUT2D eigenvalue weighted by molar-refractivity contribution is 5.92. The lowest BCUT2D eigenvalue weighted by Crippen LogP contribution is -2.46. The number of rotatable bonds is 4. The van der Waals surface area contributed by atoms with Gasteiger partial charge in [0.25, 0.3) is 0 Å². The van der Waals surface area contributed by atoms with Gasteiger partial charge >= 0.3 is 0 Å². The van der Waals surface area contributed by atoms with Crippen molar-refractivity contribution in [2.45, 2.75) is 12.8 Å². The van der Waals surface area contributed by atoms with E-state index in [2.05, 4.69) is 27.2 Å². The molecule has 2 aromatic rings. The summed E-state index contributed by atoms with van der Waals surface area (Å²) in [6.07, 6.45) is 1.59. The number of nitrogens with zero attached hydrogens (tertiary/aromatic N) is 2. The molecule has 0 saturated carbocycles. The SMILES string of the molecule is O=C(Nc1ccc(N2CCN(c3ccc(F)cc3)CC2)cc1)C1CCOCC1. The molecule has 2 saturated heterocycles. The molecule has 0 spiro atoms. The van der Waals surface area contributed by atoms with Crippen LogP contribution >= 0.6 is 0 Å². The van der Waals surface area contributed by atoms with E-state index in [4.69, 9.17) is 4.74 Å². The van der Waals surface area contributed by atoms with Crippen LogP contribution in [0.1, 0.15) is 12.8 Å². The topological polar surface area (TPSA) is 44.8 Å². The maximum Gasteiger partial charge on any atom is 0.227 e. The molecule has 2 fully saturated rings. The Morgan fingerprint density at radius 1 is 0.857 bits per heavy atom. The third kappa shape index (κ3) is 4.44. The van der Waals surface area contributed by atoms with Gasteiger partial charge in [0, 0.05) is 62.4 Å². The highest BCUT2D eigenvalue weighted by atomic mass is 19.1. The highest BCUT2D eigenvalue weighted by Crippen LogP contribution is 2.23. The minimum atomic E-state index is -0.202. The summed E-state index contributed by atoms with van der Waals surface area (Å²) in [6, 6.07) is 14.8. The summed E-state index contributed by atoms with van der Waals surface area (Å²) in [7, 11) is 0. The van der Waals surface area contributed by atoms with Crippen molar-refractivity contribution in [3.8, 4) is 0 Å². The van der Waals surface area contributed by atoms with E-state index in [1.807, 2.05) is 24.3 Å². The number of amides is 1. The molecule has 2 aliphatic heterocycles. The van der Waals surface area contributed by atoms with Crippen molar-refractivity contribution in [1.82, 2.24) is 0 Å². The van der Waals surface area contributed by atoms with E-state index in [0.717, 1.165) is 56.1 Å². The van der Waals surface area contributed by atoms with Gasteiger partial charge in [-0.3, -0.25) is 4.79 Å². The van der Waals surface area contributed by atoms with Gasteiger partial charge in [-0.1, -0.05) is 0 Å². The Labute approximate surface area is 165 Å². The van der Waals surface area contributed by atoms with Crippen molar-refractivity contribution in [3.05, 3.63) is 54.3 Å². The van der Waals surface area contributed by atoms with Gasteiger partial charge in [0.15, 0.2) is 0 Å². The van der Waals surface area contributed by atoms with E-state index in [-0.39, 0.29) is 17.6 Å². The van der Waals surface area contributed by atoms with Gasteiger partial charge < -0.3 is 19.9 Å². The van der Waals surface area contributed by atoms with E-state index in [0.29, 0.717) is 13.2 Å². The lowest BCUT2D eigenvalue weighted by molar-refractivity contribution is -0.122. The number of nitrogens with one attached hydrogen (secondary N) is 1. The normalized spacial score (nSPS) is 18.2. The molecule has 1 N–H and O–H groups in total. The van der Waals surface area contributed by atoms with Crippen molar-refractivity contribution in [2.75, 3.05) is 54.5 Å². The molecule has 6 heteroatoms. The van der Waals surface area contributed by atoms with Gasteiger partial charge in [0.1, 0.15) is 5.82 Å². The van der Waals surface area contributed by atoms with Crippen LogP contribution in [-0.4, -0.2) is 45.3 Å². The zero-order chi connectivity index (χ0) is 19.3. The van der Waals surface area contributed by atoms with Crippen molar-refractivity contribution in [1.29, 1.82) is 0 Å². The van der Waals surface area contributed by atoms with E-state index in [1.165, 1.54) is 12.1 Å². The molecule has 2 aromatic carbocycles. The first-order valence-corrected chi connectivity index (χ1v) is 9.93. The number of hydrogen-bond acceptors (Lipinski definition) is 4. The average molecular weight is 383 g/mol. The third-order valence-electron chi connectivity index (χ3n) is 5.56. The van der Waals surface area contributed by atoms with Crippen LogP contribution in [0.2, 0.25) is 0 Å². The van der Waals surface area contributed by atoms with E-state index in [1.54, 1.807) is 0 Å². The molecule has 5 nitrogen and oxygen atoms in total. The third-order valence-corrected chi connectivity index (χ3v) is 5.56. The molecule has 28 heavy (non-hydrogen) atoms. The number of anilines is 3. The number of carbonyl (C=O) groups excluding carboxylic acids is 1. The maximum atomic E-state index is 13.1. The number of piperazine rings is 1. The van der Waals surface area contributed by atoms with Crippen LogP contribution in [0.3, 0.4) is 0 Å². The molecule has 0 atom stereocenters. The Bertz CT molecular complexity index is 780. The molecule has 0 unspecified atom stereocenters. The second-order valence-electron chi connectivity index (χ2n) is 7.37. The number of carbonyl (C=O) groups is 1. The first-order valence-electron chi connectivity index (χ1n) is 9.93.